The molecule has 32 heavy (non-hydrogen) atoms. The van der Waals surface area contributed by atoms with Gasteiger partial charge in [-0.25, -0.2) is 4.79 Å². The summed E-state index contributed by atoms with van der Waals surface area (Å²) in [6.07, 6.45) is -0.131. The van der Waals surface area contributed by atoms with Crippen LogP contribution in [-0.2, 0) is 6.18 Å². The van der Waals surface area contributed by atoms with Gasteiger partial charge in [-0.2, -0.15) is 18.3 Å². The Balaban J connectivity index is 1.55. The minimum Gasteiger partial charge on any atom is -0.423 e. The number of hydrogen-bond acceptors (Lipinski definition) is 5. The van der Waals surface area contributed by atoms with Crippen molar-refractivity contribution in [3.63, 3.8) is 0 Å². The molecule has 0 amide bonds. The Morgan fingerprint density at radius 3 is 2.56 bits per heavy atom. The van der Waals surface area contributed by atoms with Crippen molar-refractivity contribution < 1.29 is 22.7 Å². The SMILES string of the molecule is O=C(Oc1ccc(/C=N\NC(=S)Nc2cc(C(F)(F)F)ccc2Cl)cc1)c1cccnc1. The number of ether oxygens (including phenoxy) is 1. The summed E-state index contributed by atoms with van der Waals surface area (Å²) in [5.74, 6) is -0.203. The lowest BCUT2D eigenvalue weighted by Crippen LogP contribution is -2.24. The second-order valence-corrected chi connectivity index (χ2v) is 7.03. The predicted octanol–water partition coefficient (Wildman–Crippen LogP) is 5.29. The van der Waals surface area contributed by atoms with Gasteiger partial charge in [0.05, 0.1) is 28.1 Å². The van der Waals surface area contributed by atoms with Gasteiger partial charge in [-0.1, -0.05) is 11.6 Å². The van der Waals surface area contributed by atoms with Crippen LogP contribution in [0.4, 0.5) is 18.9 Å². The third-order valence-electron chi connectivity index (χ3n) is 3.91. The zero-order chi connectivity index (χ0) is 23.1. The average Bonchev–Trinajstić information content (AvgIpc) is 2.76. The number of carbonyl (C=O) groups excluding carboxylic acids is 1. The first-order valence-electron chi connectivity index (χ1n) is 8.91. The van der Waals surface area contributed by atoms with Crippen molar-refractivity contribution in [1.82, 2.24) is 10.4 Å². The molecule has 0 aliphatic rings. The number of thiocarbonyl (C=S) groups is 1. The van der Waals surface area contributed by atoms with Crippen molar-refractivity contribution in [3.05, 3.63) is 88.7 Å². The van der Waals surface area contributed by atoms with Crippen LogP contribution >= 0.6 is 23.8 Å². The highest BCUT2D eigenvalue weighted by atomic mass is 35.5. The molecule has 0 bridgehead atoms. The van der Waals surface area contributed by atoms with Crippen LogP contribution in [-0.4, -0.2) is 22.3 Å². The quantitative estimate of drug-likeness (QED) is 0.170. The van der Waals surface area contributed by atoms with E-state index in [0.717, 1.165) is 18.2 Å². The van der Waals surface area contributed by atoms with Crippen LogP contribution in [0.25, 0.3) is 0 Å². The third-order valence-corrected chi connectivity index (χ3v) is 4.43. The van der Waals surface area contributed by atoms with Gasteiger partial charge in [-0.05, 0) is 72.4 Å². The Hall–Kier alpha value is -3.50. The number of anilines is 1. The van der Waals surface area contributed by atoms with Gasteiger partial charge in [-0.3, -0.25) is 10.4 Å². The van der Waals surface area contributed by atoms with Crippen LogP contribution in [0.2, 0.25) is 5.02 Å². The summed E-state index contributed by atoms with van der Waals surface area (Å²) >= 11 is 10.9. The molecule has 3 aromatic rings. The second kappa shape index (κ2) is 10.2. The van der Waals surface area contributed by atoms with Gasteiger partial charge >= 0.3 is 12.1 Å². The third kappa shape index (κ3) is 6.50. The van der Waals surface area contributed by atoms with E-state index in [2.05, 4.69) is 20.8 Å². The number of carbonyl (C=O) groups is 1. The number of benzene rings is 2. The first-order chi connectivity index (χ1) is 15.2. The maximum Gasteiger partial charge on any atom is 0.416 e. The van der Waals surface area contributed by atoms with E-state index in [9.17, 15) is 18.0 Å². The molecular weight excluding hydrogens is 465 g/mol. The zero-order valence-corrected chi connectivity index (χ0v) is 17.6. The number of esters is 1. The largest absolute Gasteiger partial charge is 0.423 e. The van der Waals surface area contributed by atoms with Crippen molar-refractivity contribution in [2.24, 2.45) is 5.10 Å². The molecule has 6 nitrogen and oxygen atoms in total. The molecule has 0 saturated carbocycles. The van der Waals surface area contributed by atoms with E-state index < -0.39 is 17.7 Å². The van der Waals surface area contributed by atoms with Crippen LogP contribution in [0.3, 0.4) is 0 Å². The molecule has 0 saturated heterocycles. The summed E-state index contributed by atoms with van der Waals surface area (Å²) in [6, 6.07) is 12.5. The zero-order valence-electron chi connectivity index (χ0n) is 16.1. The van der Waals surface area contributed by atoms with Crippen molar-refractivity contribution >= 4 is 46.8 Å². The Labute approximate surface area is 191 Å². The lowest BCUT2D eigenvalue weighted by Gasteiger charge is -2.12. The van der Waals surface area contributed by atoms with Gasteiger partial charge in [0.2, 0.25) is 0 Å². The van der Waals surface area contributed by atoms with Gasteiger partial charge in [0, 0.05) is 12.4 Å². The molecule has 0 fully saturated rings. The minimum atomic E-state index is -4.51. The van der Waals surface area contributed by atoms with Gasteiger partial charge < -0.3 is 10.1 Å². The fraction of sp³-hybridized carbons (Fsp3) is 0.0476. The van der Waals surface area contributed by atoms with Crippen LogP contribution < -0.4 is 15.5 Å². The standard InChI is InChI=1S/C21H14ClF3N4O2S/c22-17-8-5-15(21(23,24)25)10-18(17)28-20(32)29-27-11-13-3-6-16(7-4-13)31-19(30)14-2-1-9-26-12-14/h1-12H,(H2,28,29,32)/b27-11-. The Morgan fingerprint density at radius 2 is 1.91 bits per heavy atom. The molecule has 11 heteroatoms. The molecule has 1 heterocycles. The highest BCUT2D eigenvalue weighted by Gasteiger charge is 2.31. The molecule has 2 aromatic carbocycles. The van der Waals surface area contributed by atoms with Gasteiger partial charge in [-0.15, -0.1) is 0 Å². The fourth-order valence-electron chi connectivity index (χ4n) is 2.38. The number of nitrogens with one attached hydrogen (secondary N) is 2. The summed E-state index contributed by atoms with van der Waals surface area (Å²) in [4.78, 5) is 15.9. The van der Waals surface area contributed by atoms with Crippen LogP contribution in [0.5, 0.6) is 5.75 Å². The number of nitrogens with zero attached hydrogens (tertiary/aromatic N) is 2. The predicted molar refractivity (Wildman–Crippen MR) is 119 cm³/mol. The minimum absolute atomic E-state index is 0.00558. The Kier molecular flexibility index (Phi) is 7.39. The van der Waals surface area contributed by atoms with Gasteiger partial charge in [0.15, 0.2) is 5.11 Å². The van der Waals surface area contributed by atoms with Crippen LogP contribution in [0.1, 0.15) is 21.5 Å². The summed E-state index contributed by atoms with van der Waals surface area (Å²) in [7, 11) is 0. The van der Waals surface area contributed by atoms with E-state index in [-0.39, 0.29) is 15.8 Å². The fourth-order valence-corrected chi connectivity index (χ4v) is 2.71. The molecule has 0 radical (unpaired) electrons. The monoisotopic (exact) mass is 478 g/mol. The molecule has 0 aliphatic carbocycles. The first kappa shape index (κ1) is 23.2. The Bertz CT molecular complexity index is 1140. The van der Waals surface area contributed by atoms with Crippen molar-refractivity contribution in [2.45, 2.75) is 6.18 Å². The summed E-state index contributed by atoms with van der Waals surface area (Å²) < 4.78 is 43.8. The number of hydrazone groups is 1. The molecular formula is C21H14ClF3N4O2S. The topological polar surface area (TPSA) is 75.6 Å². The number of hydrogen-bond donors (Lipinski definition) is 2. The second-order valence-electron chi connectivity index (χ2n) is 6.22. The van der Waals surface area contributed by atoms with Gasteiger partial charge in [0.25, 0.3) is 0 Å². The summed E-state index contributed by atoms with van der Waals surface area (Å²) in [5.41, 5.74) is 2.60. The van der Waals surface area contributed by atoms with E-state index in [1.54, 1.807) is 42.6 Å². The number of aromatic nitrogens is 1. The summed E-state index contributed by atoms with van der Waals surface area (Å²) in [5, 5.41) is 6.50. The van der Waals surface area contributed by atoms with Crippen LogP contribution in [0, 0.1) is 0 Å². The number of rotatable bonds is 5. The van der Waals surface area contributed by atoms with E-state index in [1.807, 2.05) is 0 Å². The lowest BCUT2D eigenvalue weighted by molar-refractivity contribution is -0.137. The smallest absolute Gasteiger partial charge is 0.416 e. The molecule has 0 aliphatic heterocycles. The summed E-state index contributed by atoms with van der Waals surface area (Å²) in [6.45, 7) is 0. The van der Waals surface area contributed by atoms with Crippen molar-refractivity contribution in [1.29, 1.82) is 0 Å². The van der Waals surface area contributed by atoms with Crippen molar-refractivity contribution in [3.8, 4) is 5.75 Å². The molecule has 2 N–H and O–H groups in total. The molecule has 3 rings (SSSR count). The van der Waals surface area contributed by atoms with Crippen molar-refractivity contribution in [2.75, 3.05) is 5.32 Å². The van der Waals surface area contributed by atoms with Gasteiger partial charge in [0.1, 0.15) is 5.75 Å². The molecule has 1 aromatic heterocycles. The lowest BCUT2D eigenvalue weighted by atomic mass is 10.2. The number of pyridine rings is 1. The van der Waals surface area contributed by atoms with E-state index in [1.165, 1.54) is 12.4 Å². The maximum absolute atomic E-state index is 12.8. The highest BCUT2D eigenvalue weighted by molar-refractivity contribution is 7.80. The molecule has 0 unspecified atom stereocenters. The van der Waals surface area contributed by atoms with E-state index in [4.69, 9.17) is 28.6 Å². The highest BCUT2D eigenvalue weighted by Crippen LogP contribution is 2.33. The average molecular weight is 479 g/mol. The number of alkyl halides is 3. The van der Waals surface area contributed by atoms with E-state index >= 15 is 0 Å². The number of halogens is 4. The Morgan fingerprint density at radius 1 is 1.16 bits per heavy atom. The molecule has 0 spiro atoms. The maximum atomic E-state index is 12.8. The molecule has 164 valence electrons. The normalized spacial score (nSPS) is 11.2. The first-order valence-corrected chi connectivity index (χ1v) is 9.70. The van der Waals surface area contributed by atoms with E-state index in [0.29, 0.717) is 16.9 Å². The van der Waals surface area contributed by atoms with Crippen LogP contribution in [0.15, 0.2) is 72.1 Å². The molecule has 0 atom stereocenters.